The van der Waals surface area contributed by atoms with Gasteiger partial charge in [0.2, 0.25) is 0 Å². The quantitative estimate of drug-likeness (QED) is 0.869. The molecule has 1 aromatic heterocycles. The summed E-state index contributed by atoms with van der Waals surface area (Å²) in [6.07, 6.45) is 0.961. The Balaban J connectivity index is 1.99. The molecule has 0 spiro atoms. The third-order valence-electron chi connectivity index (χ3n) is 3.04. The maximum Gasteiger partial charge on any atom is 0.140 e. The molecule has 0 unspecified atom stereocenters. The highest BCUT2D eigenvalue weighted by Gasteiger charge is 2.14. The van der Waals surface area contributed by atoms with Crippen LogP contribution in [0.2, 0.25) is 0 Å². The van der Waals surface area contributed by atoms with Crippen molar-refractivity contribution in [1.29, 1.82) is 0 Å². The summed E-state index contributed by atoms with van der Waals surface area (Å²) in [6, 6.07) is 9.88. The minimum Gasteiger partial charge on any atom is -0.486 e. The van der Waals surface area contributed by atoms with Gasteiger partial charge in [0.05, 0.1) is 5.69 Å². The van der Waals surface area contributed by atoms with E-state index in [1.165, 1.54) is 10.6 Å². The van der Waals surface area contributed by atoms with E-state index in [4.69, 9.17) is 9.72 Å². The predicted molar refractivity (Wildman–Crippen MR) is 88.9 cm³/mol. The van der Waals surface area contributed by atoms with Gasteiger partial charge >= 0.3 is 0 Å². The normalized spacial score (nSPS) is 11.6. The Morgan fingerprint density at radius 2 is 1.90 bits per heavy atom. The van der Waals surface area contributed by atoms with Crippen molar-refractivity contribution in [1.82, 2.24) is 10.3 Å². The predicted octanol–water partition coefficient (Wildman–Crippen LogP) is 4.17. The maximum absolute atomic E-state index is 5.78. The van der Waals surface area contributed by atoms with Crippen LogP contribution in [0.3, 0.4) is 0 Å². The lowest BCUT2D eigenvalue weighted by atomic mass is 10.1. The lowest BCUT2D eigenvalue weighted by Crippen LogP contribution is -2.35. The highest BCUT2D eigenvalue weighted by molar-refractivity contribution is 7.11. The number of benzene rings is 1. The first kappa shape index (κ1) is 16.0. The first-order valence-electron chi connectivity index (χ1n) is 7.38. The zero-order chi connectivity index (χ0) is 15.3. The van der Waals surface area contributed by atoms with Crippen molar-refractivity contribution in [2.75, 3.05) is 0 Å². The molecule has 21 heavy (non-hydrogen) atoms. The largest absolute Gasteiger partial charge is 0.486 e. The van der Waals surface area contributed by atoms with Gasteiger partial charge in [0, 0.05) is 17.0 Å². The Kier molecular flexibility index (Phi) is 5.37. The third-order valence-corrected chi connectivity index (χ3v) is 4.11. The molecule has 0 aliphatic heterocycles. The number of rotatable bonds is 6. The van der Waals surface area contributed by atoms with Gasteiger partial charge in [-0.2, -0.15) is 0 Å². The number of aromatic nitrogens is 1. The number of aryl methyl sites for hydroxylation is 1. The second-order valence-corrected chi connectivity index (χ2v) is 7.20. The van der Waals surface area contributed by atoms with Crippen LogP contribution < -0.4 is 10.1 Å². The highest BCUT2D eigenvalue weighted by atomic mass is 32.1. The van der Waals surface area contributed by atoms with Gasteiger partial charge in [-0.15, -0.1) is 11.3 Å². The number of ether oxygens (including phenoxy) is 1. The Morgan fingerprint density at radius 3 is 2.52 bits per heavy atom. The summed E-state index contributed by atoms with van der Waals surface area (Å²) in [5, 5.41) is 4.57. The molecule has 0 aliphatic rings. The van der Waals surface area contributed by atoms with Gasteiger partial charge in [0.25, 0.3) is 0 Å². The van der Waals surface area contributed by atoms with E-state index in [0.717, 1.165) is 23.7 Å². The van der Waals surface area contributed by atoms with E-state index in [9.17, 15) is 0 Å². The molecule has 0 bridgehead atoms. The summed E-state index contributed by atoms with van der Waals surface area (Å²) in [6.45, 7) is 10.1. The van der Waals surface area contributed by atoms with Gasteiger partial charge in [0.1, 0.15) is 17.4 Å². The fourth-order valence-corrected chi connectivity index (χ4v) is 2.93. The van der Waals surface area contributed by atoms with Crippen LogP contribution in [0.4, 0.5) is 0 Å². The van der Waals surface area contributed by atoms with E-state index in [1.54, 1.807) is 11.3 Å². The Morgan fingerprint density at radius 1 is 1.19 bits per heavy atom. The summed E-state index contributed by atoms with van der Waals surface area (Å²) in [4.78, 5) is 6.02. The molecule has 1 N–H and O–H groups in total. The topological polar surface area (TPSA) is 34.1 Å². The minimum absolute atomic E-state index is 0.121. The van der Waals surface area contributed by atoms with Crippen LogP contribution in [0.5, 0.6) is 5.75 Å². The molecule has 0 amide bonds. The number of hydrogen-bond acceptors (Lipinski definition) is 4. The standard InChI is InChI=1S/C17H24N2OS/c1-5-14-15(11-18-17(2,3)4)21-16(19-14)12-20-13-9-7-6-8-10-13/h6-10,18H,5,11-12H2,1-4H3. The fraction of sp³-hybridized carbons (Fsp3) is 0.471. The molecule has 1 heterocycles. The Bertz CT molecular complexity index is 558. The Hall–Kier alpha value is -1.39. The molecule has 4 heteroatoms. The monoisotopic (exact) mass is 304 g/mol. The number of hydrogen-bond donors (Lipinski definition) is 1. The minimum atomic E-state index is 0.121. The average molecular weight is 304 g/mol. The van der Waals surface area contributed by atoms with Gasteiger partial charge in [-0.1, -0.05) is 25.1 Å². The summed E-state index contributed by atoms with van der Waals surface area (Å²) >= 11 is 1.75. The summed E-state index contributed by atoms with van der Waals surface area (Å²) < 4.78 is 5.78. The van der Waals surface area contributed by atoms with Crippen molar-refractivity contribution in [2.45, 2.75) is 52.8 Å². The van der Waals surface area contributed by atoms with Crippen LogP contribution in [0, 0.1) is 0 Å². The average Bonchev–Trinajstić information content (AvgIpc) is 2.86. The van der Waals surface area contributed by atoms with E-state index < -0.39 is 0 Å². The van der Waals surface area contributed by atoms with Crippen LogP contribution in [0.15, 0.2) is 30.3 Å². The molecule has 2 rings (SSSR count). The summed E-state index contributed by atoms with van der Waals surface area (Å²) in [5.74, 6) is 0.889. The van der Waals surface area contributed by atoms with Crippen molar-refractivity contribution in [2.24, 2.45) is 0 Å². The second kappa shape index (κ2) is 7.05. The van der Waals surface area contributed by atoms with Crippen LogP contribution in [0.25, 0.3) is 0 Å². The molecule has 0 fully saturated rings. The smallest absolute Gasteiger partial charge is 0.140 e. The second-order valence-electron chi connectivity index (χ2n) is 6.04. The molecule has 0 aliphatic carbocycles. The molecule has 0 atom stereocenters. The third kappa shape index (κ3) is 5.14. The van der Waals surface area contributed by atoms with E-state index in [-0.39, 0.29) is 5.54 Å². The lowest BCUT2D eigenvalue weighted by Gasteiger charge is -2.20. The van der Waals surface area contributed by atoms with Crippen LogP contribution in [-0.4, -0.2) is 10.5 Å². The summed E-state index contributed by atoms with van der Waals surface area (Å²) in [7, 11) is 0. The SMILES string of the molecule is CCc1nc(COc2ccccc2)sc1CNC(C)(C)C. The lowest BCUT2D eigenvalue weighted by molar-refractivity contribution is 0.305. The molecule has 1 aromatic carbocycles. The van der Waals surface area contributed by atoms with Gasteiger partial charge in [-0.25, -0.2) is 4.98 Å². The zero-order valence-electron chi connectivity index (χ0n) is 13.3. The molecule has 2 aromatic rings. The summed E-state index contributed by atoms with van der Waals surface area (Å²) in [5.41, 5.74) is 1.30. The van der Waals surface area contributed by atoms with Crippen molar-refractivity contribution in [3.8, 4) is 5.75 Å². The number of nitrogens with one attached hydrogen (secondary N) is 1. The van der Waals surface area contributed by atoms with Crippen LogP contribution >= 0.6 is 11.3 Å². The molecule has 3 nitrogen and oxygen atoms in total. The molecular formula is C17H24N2OS. The zero-order valence-corrected chi connectivity index (χ0v) is 14.1. The first-order chi connectivity index (χ1) is 9.98. The van der Waals surface area contributed by atoms with Crippen molar-refractivity contribution < 1.29 is 4.74 Å². The van der Waals surface area contributed by atoms with E-state index in [0.29, 0.717) is 6.61 Å². The van der Waals surface area contributed by atoms with E-state index in [2.05, 4.69) is 33.0 Å². The number of nitrogens with zero attached hydrogens (tertiary/aromatic N) is 1. The van der Waals surface area contributed by atoms with E-state index in [1.807, 2.05) is 30.3 Å². The van der Waals surface area contributed by atoms with Crippen LogP contribution in [-0.2, 0) is 19.6 Å². The highest BCUT2D eigenvalue weighted by Crippen LogP contribution is 2.22. The Labute approximate surface area is 131 Å². The van der Waals surface area contributed by atoms with Gasteiger partial charge in [-0.05, 0) is 39.3 Å². The molecule has 0 saturated heterocycles. The number of para-hydroxylation sites is 1. The molecule has 0 saturated carbocycles. The maximum atomic E-state index is 5.78. The number of thiazole rings is 1. The fourth-order valence-electron chi connectivity index (χ4n) is 1.92. The van der Waals surface area contributed by atoms with Gasteiger partial charge < -0.3 is 10.1 Å². The first-order valence-corrected chi connectivity index (χ1v) is 8.20. The van der Waals surface area contributed by atoms with Crippen LogP contribution in [0.1, 0.15) is 43.3 Å². The van der Waals surface area contributed by atoms with Crippen molar-refractivity contribution in [3.05, 3.63) is 45.9 Å². The molecular weight excluding hydrogens is 280 g/mol. The van der Waals surface area contributed by atoms with Gasteiger partial charge in [0.15, 0.2) is 0 Å². The van der Waals surface area contributed by atoms with Crippen molar-refractivity contribution >= 4 is 11.3 Å². The van der Waals surface area contributed by atoms with E-state index >= 15 is 0 Å². The van der Waals surface area contributed by atoms with Gasteiger partial charge in [-0.3, -0.25) is 0 Å². The molecule has 0 radical (unpaired) electrons. The molecule has 114 valence electrons. The van der Waals surface area contributed by atoms with Crippen molar-refractivity contribution in [3.63, 3.8) is 0 Å².